The third-order valence-corrected chi connectivity index (χ3v) is 4.93. The molecule has 0 saturated heterocycles. The highest BCUT2D eigenvalue weighted by molar-refractivity contribution is 7.89. The zero-order valence-electron chi connectivity index (χ0n) is 13.2. The fraction of sp³-hybridized carbons (Fsp3) is 0.600. The molecule has 0 bridgehead atoms. The molecule has 1 rings (SSSR count). The van der Waals surface area contributed by atoms with Crippen molar-refractivity contribution in [3.63, 3.8) is 0 Å². The third-order valence-electron chi connectivity index (χ3n) is 3.43. The number of rotatable bonds is 8. The molecule has 2 N–H and O–H groups in total. The second kappa shape index (κ2) is 7.87. The predicted octanol–water partition coefficient (Wildman–Crippen LogP) is 2.71. The van der Waals surface area contributed by atoms with Gasteiger partial charge >= 0.3 is 0 Å². The lowest BCUT2D eigenvalue weighted by atomic mass is 10.1. The van der Waals surface area contributed by atoms with Crippen LogP contribution in [0.4, 0.5) is 4.39 Å². The van der Waals surface area contributed by atoms with E-state index in [1.54, 1.807) is 14.0 Å². The van der Waals surface area contributed by atoms with Crippen molar-refractivity contribution >= 4 is 10.0 Å². The van der Waals surface area contributed by atoms with Crippen LogP contribution in [0, 0.1) is 12.7 Å². The van der Waals surface area contributed by atoms with E-state index in [0.717, 1.165) is 19.3 Å². The Kier molecular flexibility index (Phi) is 6.77. The Hall–Kier alpha value is -0.980. The molecule has 4 nitrogen and oxygen atoms in total. The molecule has 21 heavy (non-hydrogen) atoms. The van der Waals surface area contributed by atoms with Crippen LogP contribution >= 0.6 is 0 Å². The molecular weight excluding hydrogens is 291 g/mol. The summed E-state index contributed by atoms with van der Waals surface area (Å²) in [6.07, 6.45) is 2.43. The van der Waals surface area contributed by atoms with Crippen molar-refractivity contribution in [3.05, 3.63) is 29.1 Å². The van der Waals surface area contributed by atoms with Gasteiger partial charge in [0.25, 0.3) is 0 Å². The van der Waals surface area contributed by atoms with Crippen LogP contribution in [0.25, 0.3) is 0 Å². The van der Waals surface area contributed by atoms with E-state index in [0.29, 0.717) is 17.7 Å². The van der Waals surface area contributed by atoms with Gasteiger partial charge in [-0.1, -0.05) is 20.3 Å². The van der Waals surface area contributed by atoms with E-state index in [1.807, 2.05) is 13.8 Å². The molecule has 1 aromatic rings. The van der Waals surface area contributed by atoms with E-state index >= 15 is 0 Å². The van der Waals surface area contributed by atoms with Gasteiger partial charge in [0.2, 0.25) is 10.0 Å². The minimum atomic E-state index is -3.62. The molecule has 0 amide bonds. The van der Waals surface area contributed by atoms with E-state index in [9.17, 15) is 12.8 Å². The van der Waals surface area contributed by atoms with E-state index in [1.165, 1.54) is 12.1 Å². The lowest BCUT2D eigenvalue weighted by Crippen LogP contribution is -2.34. The minimum Gasteiger partial charge on any atom is -0.316 e. The van der Waals surface area contributed by atoms with Gasteiger partial charge in [-0.3, -0.25) is 0 Å². The molecule has 120 valence electrons. The first-order valence-corrected chi connectivity index (χ1v) is 8.79. The summed E-state index contributed by atoms with van der Waals surface area (Å²) in [4.78, 5) is 0.126. The normalized spacial score (nSPS) is 13.4. The van der Waals surface area contributed by atoms with Gasteiger partial charge in [0.15, 0.2) is 0 Å². The van der Waals surface area contributed by atoms with Gasteiger partial charge in [-0.2, -0.15) is 0 Å². The zero-order valence-corrected chi connectivity index (χ0v) is 14.0. The summed E-state index contributed by atoms with van der Waals surface area (Å²) in [6.45, 7) is 5.84. The van der Waals surface area contributed by atoms with Gasteiger partial charge in [0.1, 0.15) is 5.82 Å². The lowest BCUT2D eigenvalue weighted by Gasteiger charge is -2.17. The molecule has 0 spiro atoms. The van der Waals surface area contributed by atoms with Crippen molar-refractivity contribution in [2.24, 2.45) is 0 Å². The van der Waals surface area contributed by atoms with Crippen molar-refractivity contribution in [2.45, 2.75) is 57.5 Å². The summed E-state index contributed by atoms with van der Waals surface area (Å²) in [5.41, 5.74) is 0.702. The summed E-state index contributed by atoms with van der Waals surface area (Å²) in [7, 11) is -1.92. The highest BCUT2D eigenvalue weighted by Crippen LogP contribution is 2.20. The molecule has 6 heteroatoms. The first-order chi connectivity index (χ1) is 9.85. The molecule has 0 aliphatic carbocycles. The van der Waals surface area contributed by atoms with Crippen molar-refractivity contribution in [3.8, 4) is 0 Å². The molecule has 0 heterocycles. The van der Waals surface area contributed by atoms with Crippen LogP contribution < -0.4 is 10.0 Å². The maximum atomic E-state index is 14.0. The standard InChI is InChI=1S/C15H25FN2O2S/c1-5-7-13(6-2)18-21(19,20)14-8-11(3)15(16)12(9-14)10-17-4/h8-9,13,17-18H,5-7,10H2,1-4H3. The van der Waals surface area contributed by atoms with Crippen LogP contribution in [0.2, 0.25) is 0 Å². The molecule has 0 aliphatic rings. The Morgan fingerprint density at radius 1 is 1.29 bits per heavy atom. The van der Waals surface area contributed by atoms with Crippen LogP contribution in [0.3, 0.4) is 0 Å². The molecule has 1 aromatic carbocycles. The number of sulfonamides is 1. The van der Waals surface area contributed by atoms with Crippen LogP contribution in [-0.2, 0) is 16.6 Å². The first kappa shape index (κ1) is 18.1. The molecule has 0 saturated carbocycles. The molecular formula is C15H25FN2O2S. The van der Waals surface area contributed by atoms with E-state index in [-0.39, 0.29) is 16.8 Å². The highest BCUT2D eigenvalue weighted by atomic mass is 32.2. The Bertz CT molecular complexity index is 573. The number of hydrogen-bond donors (Lipinski definition) is 2. The molecule has 0 radical (unpaired) electrons. The van der Waals surface area contributed by atoms with E-state index in [4.69, 9.17) is 0 Å². The SMILES string of the molecule is CCCC(CC)NS(=O)(=O)c1cc(C)c(F)c(CNC)c1. The number of nitrogens with one attached hydrogen (secondary N) is 2. The van der Waals surface area contributed by atoms with Gasteiger partial charge in [-0.25, -0.2) is 17.5 Å². The summed E-state index contributed by atoms with van der Waals surface area (Å²) >= 11 is 0. The maximum Gasteiger partial charge on any atom is 0.240 e. The lowest BCUT2D eigenvalue weighted by molar-refractivity contribution is 0.512. The first-order valence-electron chi connectivity index (χ1n) is 7.31. The van der Waals surface area contributed by atoms with Crippen LogP contribution in [0.1, 0.15) is 44.2 Å². The van der Waals surface area contributed by atoms with Gasteiger partial charge in [-0.05, 0) is 44.5 Å². The van der Waals surface area contributed by atoms with Crippen LogP contribution in [0.15, 0.2) is 17.0 Å². The van der Waals surface area contributed by atoms with Crippen molar-refractivity contribution in [1.82, 2.24) is 10.0 Å². The molecule has 0 fully saturated rings. The summed E-state index contributed by atoms with van der Waals surface area (Å²) in [5, 5.41) is 2.85. The molecule has 0 aromatic heterocycles. The predicted molar refractivity (Wildman–Crippen MR) is 83.2 cm³/mol. The zero-order chi connectivity index (χ0) is 16.0. The second-order valence-electron chi connectivity index (χ2n) is 5.26. The third kappa shape index (κ3) is 4.76. The number of hydrogen-bond acceptors (Lipinski definition) is 3. The largest absolute Gasteiger partial charge is 0.316 e. The average Bonchev–Trinajstić information content (AvgIpc) is 2.43. The van der Waals surface area contributed by atoms with Crippen molar-refractivity contribution in [1.29, 1.82) is 0 Å². The number of aryl methyl sites for hydroxylation is 1. The van der Waals surface area contributed by atoms with E-state index < -0.39 is 10.0 Å². The fourth-order valence-electron chi connectivity index (χ4n) is 2.26. The smallest absolute Gasteiger partial charge is 0.240 e. The summed E-state index contributed by atoms with van der Waals surface area (Å²) in [5.74, 6) is -0.358. The summed E-state index contributed by atoms with van der Waals surface area (Å²) in [6, 6.07) is 2.70. The van der Waals surface area contributed by atoms with Gasteiger partial charge in [0, 0.05) is 18.2 Å². The molecule has 0 aliphatic heterocycles. The van der Waals surface area contributed by atoms with Gasteiger partial charge in [-0.15, -0.1) is 0 Å². The Morgan fingerprint density at radius 2 is 1.95 bits per heavy atom. The van der Waals surface area contributed by atoms with Gasteiger partial charge in [0.05, 0.1) is 4.90 Å². The molecule has 1 unspecified atom stereocenters. The van der Waals surface area contributed by atoms with Crippen LogP contribution in [-0.4, -0.2) is 21.5 Å². The van der Waals surface area contributed by atoms with Crippen molar-refractivity contribution < 1.29 is 12.8 Å². The topological polar surface area (TPSA) is 58.2 Å². The Morgan fingerprint density at radius 3 is 2.48 bits per heavy atom. The number of benzene rings is 1. The monoisotopic (exact) mass is 316 g/mol. The van der Waals surface area contributed by atoms with Crippen molar-refractivity contribution in [2.75, 3.05) is 7.05 Å². The second-order valence-corrected chi connectivity index (χ2v) is 6.97. The number of halogens is 1. The maximum absolute atomic E-state index is 14.0. The summed E-state index contributed by atoms with van der Waals surface area (Å²) < 4.78 is 41.5. The Balaban J connectivity index is 3.13. The van der Waals surface area contributed by atoms with E-state index in [2.05, 4.69) is 10.0 Å². The fourth-order valence-corrected chi connectivity index (χ4v) is 3.75. The highest BCUT2D eigenvalue weighted by Gasteiger charge is 2.21. The molecule has 1 atom stereocenters. The van der Waals surface area contributed by atoms with Gasteiger partial charge < -0.3 is 5.32 Å². The average molecular weight is 316 g/mol. The Labute approximate surface area is 127 Å². The van der Waals surface area contributed by atoms with Crippen LogP contribution in [0.5, 0.6) is 0 Å². The quantitative estimate of drug-likeness (QED) is 0.775. The minimum absolute atomic E-state index is 0.0851.